The van der Waals surface area contributed by atoms with Crippen molar-refractivity contribution in [1.29, 1.82) is 5.26 Å². The van der Waals surface area contributed by atoms with Crippen LogP contribution in [-0.4, -0.2) is 187 Å². The predicted molar refractivity (Wildman–Crippen MR) is 508 cm³/mol. The Morgan fingerprint density at radius 2 is 0.756 bits per heavy atom. The molecule has 12 aromatic rings. The maximum absolute atomic E-state index is 13.0. The van der Waals surface area contributed by atoms with Crippen LogP contribution in [0.15, 0.2) is 213 Å². The minimum Gasteiger partial charge on any atom is -0.378 e. The summed E-state index contributed by atoms with van der Waals surface area (Å²) in [7, 11) is 3.15. The van der Waals surface area contributed by atoms with Gasteiger partial charge in [0.15, 0.2) is 9.84 Å². The minimum atomic E-state index is -3.42. The second-order valence-corrected chi connectivity index (χ2v) is 35.1. The van der Waals surface area contributed by atoms with Gasteiger partial charge in [-0.05, 0) is 197 Å². The Morgan fingerprint density at radius 1 is 0.415 bits per heavy atom. The summed E-state index contributed by atoms with van der Waals surface area (Å²) in [5.41, 5.74) is 13.3. The first-order valence-corrected chi connectivity index (χ1v) is 45.1. The van der Waals surface area contributed by atoms with Gasteiger partial charge in [-0.3, -0.25) is 48.3 Å². The smallest absolute Gasteiger partial charge is 0.290 e. The number of hydrogen-bond donors (Lipinski definition) is 4. The number of pyridine rings is 3. The predicted octanol–water partition coefficient (Wildman–Crippen LogP) is 12.9. The Labute approximate surface area is 775 Å². The Morgan fingerprint density at radius 3 is 1.13 bits per heavy atom. The summed E-state index contributed by atoms with van der Waals surface area (Å²) in [4.78, 5) is 118. The van der Waals surface area contributed by atoms with Gasteiger partial charge in [0.25, 0.3) is 58.7 Å². The first kappa shape index (κ1) is 97.8. The quantitative estimate of drug-likeness (QED) is 0.0515. The number of sulfone groups is 1. The van der Waals surface area contributed by atoms with E-state index in [1.54, 1.807) is 126 Å². The van der Waals surface area contributed by atoms with Crippen LogP contribution < -0.4 is 63.1 Å². The van der Waals surface area contributed by atoms with Gasteiger partial charge in [0.2, 0.25) is 0 Å². The molecule has 0 spiro atoms. The van der Waals surface area contributed by atoms with Crippen molar-refractivity contribution in [2.45, 2.75) is 64.7 Å². The number of rotatable bonds is 20. The molecule has 4 aliphatic heterocycles. The van der Waals surface area contributed by atoms with Crippen LogP contribution in [0.1, 0.15) is 107 Å². The zero-order valence-corrected chi connectivity index (χ0v) is 77.1. The molecule has 4 aliphatic rings. The monoisotopic (exact) mass is 1860 g/mol. The number of carbonyl (C=O) groups excluding carboxylic acids is 4. The van der Waals surface area contributed by atoms with Crippen molar-refractivity contribution in [3.8, 4) is 51.0 Å². The third kappa shape index (κ3) is 24.2. The van der Waals surface area contributed by atoms with Gasteiger partial charge in [0.05, 0.1) is 92.0 Å². The van der Waals surface area contributed by atoms with Gasteiger partial charge in [0.1, 0.15) is 28.4 Å². The molecule has 6 aromatic carbocycles. The average molecular weight is 1860 g/mol. The summed E-state index contributed by atoms with van der Waals surface area (Å²) < 4.78 is 103. The molecule has 4 fully saturated rings. The maximum Gasteiger partial charge on any atom is 0.290 e. The van der Waals surface area contributed by atoms with Crippen molar-refractivity contribution in [1.82, 2.24) is 43.9 Å². The number of morpholine rings is 4. The third-order valence-electron chi connectivity index (χ3n) is 23.0. The van der Waals surface area contributed by atoms with Crippen LogP contribution in [0.3, 0.4) is 0 Å². The SMILES string of the molecule is Cc1ccc(NC(=O)c2cccc(C(F)F)c2)cc1-c1cc(N2CCOCC2)c(=O)n(C)n1.Cc1ccc(NC(=O)c2cccc(S(C)(=O)=O)c2)cc1-c1cc(N2CCOCC2)c(=O)n(C)c1.Cc1ccc(NC(=O)c2ccnc(C(C)(C)C#N)c2)cc1-c1cc(N2CCOCC2)c(=O)n(C)n1.Cc1ccc(NC(=O)c2ccnc(C(F)F)c2)cc1-c1cc(N2CCOCC2)c(=O)n(C)n1. The highest BCUT2D eigenvalue weighted by Gasteiger charge is 2.28. The molecule has 4 saturated heterocycles. The topological polar surface area (TPSA) is 377 Å². The molecule has 4 amide bonds. The van der Waals surface area contributed by atoms with Gasteiger partial charge in [-0.25, -0.2) is 40.0 Å². The number of hydrogen-bond acceptors (Lipinski definition) is 24. The zero-order chi connectivity index (χ0) is 96.7. The fourth-order valence-corrected chi connectivity index (χ4v) is 15.9. The highest BCUT2D eigenvalue weighted by atomic mass is 32.2. The third-order valence-corrected chi connectivity index (χ3v) is 24.1. The van der Waals surface area contributed by atoms with E-state index in [0.717, 1.165) is 62.4 Å². The molecule has 0 radical (unpaired) electrons. The van der Waals surface area contributed by atoms with E-state index in [-0.39, 0.29) is 55.3 Å². The van der Waals surface area contributed by atoms with E-state index in [9.17, 15) is 69.6 Å². The molecular formula is C98H102F4N18O14S. The van der Waals surface area contributed by atoms with Crippen molar-refractivity contribution in [2.24, 2.45) is 28.2 Å². The number of nitrogens with zero attached hydrogens (tertiary/aromatic N) is 14. The number of halogens is 4. The summed E-state index contributed by atoms with van der Waals surface area (Å²) >= 11 is 0. The molecular weight excluding hydrogens is 1760 g/mol. The Bertz CT molecular complexity index is 6690. The van der Waals surface area contributed by atoms with Gasteiger partial charge in [0, 0.05) is 178 Å². The van der Waals surface area contributed by atoms with Crippen LogP contribution in [0.2, 0.25) is 0 Å². The molecule has 37 heteroatoms. The van der Waals surface area contributed by atoms with E-state index in [1.165, 1.54) is 68.9 Å². The molecule has 4 N–H and O–H groups in total. The number of nitriles is 1. The van der Waals surface area contributed by atoms with E-state index >= 15 is 0 Å². The van der Waals surface area contributed by atoms with Gasteiger partial charge in [-0.1, -0.05) is 42.5 Å². The lowest BCUT2D eigenvalue weighted by molar-refractivity contribution is 0.101. The lowest BCUT2D eigenvalue weighted by Gasteiger charge is -2.29. The number of carbonyl (C=O) groups is 4. The second-order valence-electron chi connectivity index (χ2n) is 33.1. The van der Waals surface area contributed by atoms with Crippen LogP contribution in [0.5, 0.6) is 0 Å². The molecule has 0 atom stereocenters. The molecule has 0 aliphatic carbocycles. The number of amides is 4. The van der Waals surface area contributed by atoms with Gasteiger partial charge < -0.3 is 64.4 Å². The number of anilines is 8. The van der Waals surface area contributed by atoms with E-state index in [2.05, 4.69) is 52.6 Å². The Balaban J connectivity index is 0.000000152. The summed E-state index contributed by atoms with van der Waals surface area (Å²) in [5, 5.41) is 34.0. The van der Waals surface area contributed by atoms with Crippen molar-refractivity contribution in [3.05, 3.63) is 291 Å². The summed E-state index contributed by atoms with van der Waals surface area (Å²) in [5.74, 6) is -1.74. The lowest BCUT2D eigenvalue weighted by atomic mass is 9.90. The van der Waals surface area contributed by atoms with E-state index in [0.29, 0.717) is 179 Å². The highest BCUT2D eigenvalue weighted by Crippen LogP contribution is 2.35. The van der Waals surface area contributed by atoms with Crippen LogP contribution in [0.25, 0.3) is 44.9 Å². The number of nitrogens with one attached hydrogen (secondary N) is 4. The highest BCUT2D eigenvalue weighted by molar-refractivity contribution is 7.90. The fourth-order valence-electron chi connectivity index (χ4n) is 15.3. The zero-order valence-electron chi connectivity index (χ0n) is 76.3. The van der Waals surface area contributed by atoms with Crippen molar-refractivity contribution in [2.75, 3.05) is 152 Å². The van der Waals surface area contributed by atoms with Gasteiger partial charge >= 0.3 is 0 Å². The average Bonchev–Trinajstić information content (AvgIpc) is 0.799. The molecule has 135 heavy (non-hydrogen) atoms. The van der Waals surface area contributed by atoms with Crippen LogP contribution in [-0.2, 0) is 62.4 Å². The van der Waals surface area contributed by atoms with Crippen molar-refractivity contribution < 1.29 is 64.1 Å². The van der Waals surface area contributed by atoms with E-state index in [4.69, 9.17) is 18.9 Å². The van der Waals surface area contributed by atoms with Crippen LogP contribution >= 0.6 is 0 Å². The number of aryl methyl sites for hydroxylation is 8. The van der Waals surface area contributed by atoms with E-state index < -0.39 is 51.5 Å². The van der Waals surface area contributed by atoms with Gasteiger partial charge in [-0.15, -0.1) is 0 Å². The number of aromatic nitrogens is 9. The molecule has 0 saturated carbocycles. The molecule has 6 aromatic heterocycles. The van der Waals surface area contributed by atoms with E-state index in [1.807, 2.05) is 95.8 Å². The van der Waals surface area contributed by atoms with Crippen molar-refractivity contribution in [3.63, 3.8) is 0 Å². The summed E-state index contributed by atoms with van der Waals surface area (Å²) in [6.07, 6.45) is 0.189. The Kier molecular flexibility index (Phi) is 31.4. The number of benzene rings is 6. The first-order valence-electron chi connectivity index (χ1n) is 43.3. The maximum atomic E-state index is 13.0. The molecule has 10 heterocycles. The molecule has 0 bridgehead atoms. The summed E-state index contributed by atoms with van der Waals surface area (Å²) in [6.45, 7) is 20.8. The van der Waals surface area contributed by atoms with Crippen LogP contribution in [0.4, 0.5) is 63.1 Å². The first-order chi connectivity index (χ1) is 64.5. The normalized spacial score (nSPS) is 14.0. The number of ether oxygens (including phenoxy) is 4. The number of alkyl halides is 4. The molecule has 0 unspecified atom stereocenters. The summed E-state index contributed by atoms with van der Waals surface area (Å²) in [6, 6.07) is 48.2. The van der Waals surface area contributed by atoms with Gasteiger partial charge in [-0.2, -0.15) is 20.6 Å². The van der Waals surface area contributed by atoms with Crippen LogP contribution in [0, 0.1) is 39.0 Å². The largest absolute Gasteiger partial charge is 0.378 e. The Hall–Kier alpha value is -14.7. The minimum absolute atomic E-state index is 0.0708. The molecule has 32 nitrogen and oxygen atoms in total. The molecule has 702 valence electrons. The second kappa shape index (κ2) is 43.3. The molecule has 16 rings (SSSR count). The standard InChI is InChI=1S/C26H28N6O3.C25H27N3O5S.C24H24F2N4O3.C23H23F2N5O3/c1-17-5-6-19(29-24(33)18-7-8-28-23(13-18)26(2,3)16-27)14-20(17)21-15-22(25(34)31(4)30-21)32-9-11-35-12-10-32;1-17-7-8-20(26-24(29)18-5-4-6-21(13-18)34(3,31)32)15-22(17)19-14-23(25(30)27(2)16-19)28-9-11-33-12-10-28;1-15-6-7-18(27-23(31)17-5-3-4-16(12-17)22(25)26)13-19(15)20-14-21(24(32)29(2)28-20)30-8-10-33-11-9-30;1-14-3-4-16(27-22(31)15-5-6-26-19(11-15)21(24)25)12-17(14)18-13-20(23(32)29(2)28-18)30-7-9-33-10-8-30/h5-8,13-15H,9-12H2,1-4H3,(H,29,33);4-8,13-16H,9-12H2,1-3H3,(H,26,29);3-7,12-14,22H,8-11H2,1-2H3,(H,27,31);3-6,11-13,21H,7-10H2,1-2H3,(H,27,31). The lowest BCUT2D eigenvalue weighted by Crippen LogP contribution is -2.40. The fraction of sp³-hybridized carbons (Fsp3) is 0.306. The van der Waals surface area contributed by atoms with Crippen molar-refractivity contribution >= 4 is 79.0 Å².